The Balaban J connectivity index is 0.936. The van der Waals surface area contributed by atoms with E-state index in [1.165, 1.54) is 17.5 Å². The highest BCUT2D eigenvalue weighted by Crippen LogP contribution is 2.34. The lowest BCUT2D eigenvalue weighted by molar-refractivity contribution is -0.138. The normalized spacial score (nSPS) is 14.5. The molecule has 1 aromatic heterocycles. The number of carboxylic acid groups (broad SMARTS) is 1. The summed E-state index contributed by atoms with van der Waals surface area (Å²) in [5.74, 6) is -0.686. The molecule has 0 radical (unpaired) electrons. The van der Waals surface area contributed by atoms with E-state index in [0.29, 0.717) is 67.8 Å². The summed E-state index contributed by atoms with van der Waals surface area (Å²) in [6, 6.07) is 33.5. The topological polar surface area (TPSA) is 160 Å². The van der Waals surface area contributed by atoms with Crippen molar-refractivity contribution in [1.82, 2.24) is 15.2 Å². The Kier molecular flexibility index (Phi) is 18.4. The van der Waals surface area contributed by atoms with Gasteiger partial charge in [0.15, 0.2) is 0 Å². The summed E-state index contributed by atoms with van der Waals surface area (Å²) in [6.45, 7) is 4.34. The van der Waals surface area contributed by atoms with E-state index in [2.05, 4.69) is 45.9 Å². The number of hydrogen-bond acceptors (Lipinski definition) is 10. The second-order valence-electron chi connectivity index (χ2n) is 16.9. The number of carboxylic acids is 1. The summed E-state index contributed by atoms with van der Waals surface area (Å²) in [4.78, 5) is 61.1. The number of pyridine rings is 1. The zero-order chi connectivity index (χ0) is 46.8. The number of aliphatic carboxylic acids is 1. The molecular weight excluding hydrogens is 867 g/mol. The first-order chi connectivity index (χ1) is 32.7. The van der Waals surface area contributed by atoms with Crippen LogP contribution in [0.25, 0.3) is 11.3 Å². The Morgan fingerprint density at radius 1 is 0.761 bits per heavy atom. The minimum Gasteiger partial charge on any atom is -0.481 e. The lowest BCUT2D eigenvalue weighted by Crippen LogP contribution is -2.31. The van der Waals surface area contributed by atoms with Crippen molar-refractivity contribution < 1.29 is 38.5 Å². The van der Waals surface area contributed by atoms with Gasteiger partial charge in [-0.25, -0.2) is 0 Å². The Bertz CT molecular complexity index is 2460. The van der Waals surface area contributed by atoms with Gasteiger partial charge in [-0.3, -0.25) is 24.2 Å². The van der Waals surface area contributed by atoms with Crippen molar-refractivity contribution in [2.75, 3.05) is 76.5 Å². The smallest absolute Gasteiger partial charge is 0.305 e. The van der Waals surface area contributed by atoms with Crippen molar-refractivity contribution >= 4 is 46.8 Å². The highest BCUT2D eigenvalue weighted by atomic mass is 32.2. The third-order valence-electron chi connectivity index (χ3n) is 12.0. The molecule has 0 bridgehead atoms. The van der Waals surface area contributed by atoms with Crippen LogP contribution in [0.1, 0.15) is 87.5 Å². The summed E-state index contributed by atoms with van der Waals surface area (Å²) in [6.07, 6.45) is 8.27. The Labute approximate surface area is 397 Å². The van der Waals surface area contributed by atoms with Crippen LogP contribution >= 0.6 is 11.8 Å². The van der Waals surface area contributed by atoms with Crippen LogP contribution in [0.15, 0.2) is 114 Å². The lowest BCUT2D eigenvalue weighted by Gasteiger charge is -2.29. The van der Waals surface area contributed by atoms with Crippen LogP contribution in [0.2, 0.25) is 0 Å². The van der Waals surface area contributed by atoms with Gasteiger partial charge in [0.25, 0.3) is 11.8 Å². The fourth-order valence-electron chi connectivity index (χ4n) is 8.31. The maximum Gasteiger partial charge on any atom is 0.305 e. The molecule has 1 aliphatic heterocycles. The molecule has 3 amide bonds. The van der Waals surface area contributed by atoms with Crippen LogP contribution in [0.3, 0.4) is 0 Å². The average molecular weight is 928 g/mol. The SMILES string of the molecule is CN(CCOCCOCCOCCC(=O)O)C(=O)Cc1cccc(SCc2cccc(C(=O)Nc3ccc(N4CCCCC4)cc3-c3cc(C(=O)N[C@H]4CCCc5ccccc54)ccn3)c2)c1. The quantitative estimate of drug-likeness (QED) is 0.0425. The fourth-order valence-corrected chi connectivity index (χ4v) is 9.23. The van der Waals surface area contributed by atoms with E-state index in [4.69, 9.17) is 24.3 Å². The molecule has 0 spiro atoms. The van der Waals surface area contributed by atoms with Crippen molar-refractivity contribution in [2.45, 2.75) is 68.1 Å². The van der Waals surface area contributed by atoms with Gasteiger partial charge in [0.2, 0.25) is 5.91 Å². The molecule has 3 N–H and O–H groups in total. The Hall–Kier alpha value is -6.06. The number of ether oxygens (including phenoxy) is 3. The highest BCUT2D eigenvalue weighted by Gasteiger charge is 2.23. The number of benzene rings is 4. The summed E-state index contributed by atoms with van der Waals surface area (Å²) in [5, 5.41) is 15.1. The summed E-state index contributed by atoms with van der Waals surface area (Å²) in [7, 11) is 1.76. The monoisotopic (exact) mass is 927 g/mol. The molecule has 7 rings (SSSR count). The number of aromatic nitrogens is 1. The molecule has 14 heteroatoms. The largest absolute Gasteiger partial charge is 0.481 e. The number of likely N-dealkylation sites (N-methyl/N-ethyl adjacent to an activating group) is 1. The summed E-state index contributed by atoms with van der Waals surface area (Å²) >= 11 is 1.64. The van der Waals surface area contributed by atoms with Gasteiger partial charge >= 0.3 is 5.97 Å². The second kappa shape index (κ2) is 25.2. The van der Waals surface area contributed by atoms with Crippen LogP contribution in [0.5, 0.6) is 0 Å². The van der Waals surface area contributed by atoms with Crippen LogP contribution in [-0.4, -0.2) is 105 Å². The number of aryl methyl sites for hydroxylation is 1. The van der Waals surface area contributed by atoms with E-state index in [1.807, 2.05) is 66.7 Å². The van der Waals surface area contributed by atoms with E-state index >= 15 is 0 Å². The van der Waals surface area contributed by atoms with E-state index in [-0.39, 0.29) is 43.2 Å². The lowest BCUT2D eigenvalue weighted by atomic mass is 9.87. The van der Waals surface area contributed by atoms with Gasteiger partial charge < -0.3 is 39.8 Å². The van der Waals surface area contributed by atoms with Gasteiger partial charge in [0.05, 0.1) is 69.9 Å². The molecule has 1 atom stereocenters. The van der Waals surface area contributed by atoms with Gasteiger partial charge in [0, 0.05) is 65.9 Å². The Morgan fingerprint density at radius 3 is 2.33 bits per heavy atom. The van der Waals surface area contributed by atoms with Crippen LogP contribution in [0, 0.1) is 0 Å². The molecule has 1 aliphatic carbocycles. The third-order valence-corrected chi connectivity index (χ3v) is 13.1. The standard InChI is InChI=1S/C53H61N5O8S/c1-57(25-27-65-29-31-66-30-28-64-26-21-51(60)61)50(59)34-38-10-8-15-44(33-38)67-37-39-11-7-14-41(32-39)52(62)56-48-19-18-43(58-23-5-2-6-24-58)36-46(48)49-35-42(20-22-54-49)53(63)55-47-17-9-13-40-12-3-4-16-45(40)47/h3-4,7-8,10-12,14-16,18-20,22,32-33,35-36,47H,2,5-6,9,13,17,21,23-31,34,37H2,1H3,(H,55,63)(H,56,62)(H,60,61)/t47-/m0/s1. The van der Waals surface area contributed by atoms with Crippen molar-refractivity contribution in [2.24, 2.45) is 0 Å². The van der Waals surface area contributed by atoms with Crippen molar-refractivity contribution in [3.8, 4) is 11.3 Å². The van der Waals surface area contributed by atoms with Gasteiger partial charge in [-0.05, 0) is 115 Å². The molecule has 5 aromatic rings. The van der Waals surface area contributed by atoms with Gasteiger partial charge in [0.1, 0.15) is 0 Å². The number of carbonyl (C=O) groups is 4. The summed E-state index contributed by atoms with van der Waals surface area (Å²) in [5.41, 5.74) is 8.41. The molecule has 0 saturated carbocycles. The number of amides is 3. The maximum atomic E-state index is 14.0. The molecule has 1 saturated heterocycles. The number of nitrogens with one attached hydrogen (secondary N) is 2. The summed E-state index contributed by atoms with van der Waals surface area (Å²) < 4.78 is 16.2. The highest BCUT2D eigenvalue weighted by molar-refractivity contribution is 7.98. The average Bonchev–Trinajstić information content (AvgIpc) is 3.35. The van der Waals surface area contributed by atoms with Gasteiger partial charge in [-0.2, -0.15) is 0 Å². The molecule has 4 aromatic carbocycles. The molecule has 2 aliphatic rings. The second-order valence-corrected chi connectivity index (χ2v) is 17.9. The first kappa shape index (κ1) is 48.9. The van der Waals surface area contributed by atoms with E-state index < -0.39 is 5.97 Å². The van der Waals surface area contributed by atoms with Crippen LogP contribution < -0.4 is 15.5 Å². The zero-order valence-electron chi connectivity index (χ0n) is 38.3. The molecule has 1 fully saturated rings. The van der Waals surface area contributed by atoms with Crippen LogP contribution in [0.4, 0.5) is 11.4 Å². The number of rotatable bonds is 23. The predicted octanol–water partition coefficient (Wildman–Crippen LogP) is 8.62. The first-order valence-electron chi connectivity index (χ1n) is 23.3. The molecular formula is C53H61N5O8S. The van der Waals surface area contributed by atoms with Gasteiger partial charge in [-0.1, -0.05) is 48.5 Å². The number of anilines is 2. The first-order valence-corrected chi connectivity index (χ1v) is 24.2. The maximum absolute atomic E-state index is 14.0. The minimum atomic E-state index is -0.895. The van der Waals surface area contributed by atoms with Crippen molar-refractivity contribution in [3.63, 3.8) is 0 Å². The number of fused-ring (bicyclic) bond motifs is 1. The molecule has 2 heterocycles. The number of piperidine rings is 1. The molecule has 352 valence electrons. The molecule has 13 nitrogen and oxygen atoms in total. The van der Waals surface area contributed by atoms with Crippen LogP contribution in [-0.2, 0) is 42.4 Å². The predicted molar refractivity (Wildman–Crippen MR) is 262 cm³/mol. The molecule has 0 unspecified atom stereocenters. The molecule has 67 heavy (non-hydrogen) atoms. The number of thioether (sulfide) groups is 1. The Morgan fingerprint density at radius 2 is 1.51 bits per heavy atom. The van der Waals surface area contributed by atoms with E-state index in [9.17, 15) is 19.2 Å². The number of carbonyl (C=O) groups excluding carboxylic acids is 3. The number of nitrogens with zero attached hydrogens (tertiary/aromatic N) is 3. The zero-order valence-corrected chi connectivity index (χ0v) is 39.1. The third kappa shape index (κ3) is 14.7. The van der Waals surface area contributed by atoms with E-state index in [0.717, 1.165) is 72.5 Å². The number of hydrogen-bond donors (Lipinski definition) is 3. The minimum absolute atomic E-state index is 0.0151. The van der Waals surface area contributed by atoms with Gasteiger partial charge in [-0.15, -0.1) is 11.8 Å². The fraction of sp³-hybridized carbons (Fsp3) is 0.377. The van der Waals surface area contributed by atoms with Crippen molar-refractivity contribution in [3.05, 3.63) is 143 Å². The van der Waals surface area contributed by atoms with E-state index in [1.54, 1.807) is 36.0 Å². The van der Waals surface area contributed by atoms with Crippen molar-refractivity contribution in [1.29, 1.82) is 0 Å².